The number of hydrazone groups is 1. The van der Waals surface area contributed by atoms with E-state index >= 15 is 0 Å². The topological polar surface area (TPSA) is 50.2 Å². The second kappa shape index (κ2) is 6.49. The van der Waals surface area contributed by atoms with Crippen LogP contribution in [0.3, 0.4) is 0 Å². The number of benzene rings is 1. The Morgan fingerprint density at radius 3 is 2.77 bits per heavy atom. The molecule has 0 radical (unpaired) electrons. The van der Waals surface area contributed by atoms with Crippen LogP contribution in [0.15, 0.2) is 47.8 Å². The van der Waals surface area contributed by atoms with Crippen molar-refractivity contribution in [1.82, 2.24) is 9.97 Å². The van der Waals surface area contributed by atoms with Crippen LogP contribution in [0, 0.1) is 13.8 Å². The average molecular weight is 308 g/mol. The number of aryl methyl sites for hydroxylation is 2. The summed E-state index contributed by atoms with van der Waals surface area (Å²) in [6, 6.07) is 10.1. The van der Waals surface area contributed by atoms with Crippen LogP contribution in [0.2, 0.25) is 0 Å². The first-order valence-electron chi connectivity index (χ1n) is 6.97. The first-order chi connectivity index (χ1) is 10.8. The summed E-state index contributed by atoms with van der Waals surface area (Å²) >= 11 is 1.68. The van der Waals surface area contributed by atoms with E-state index in [2.05, 4.69) is 34.3 Å². The average Bonchev–Trinajstić information content (AvgIpc) is 2.83. The normalized spacial score (nSPS) is 11.7. The molecule has 0 aliphatic rings. The van der Waals surface area contributed by atoms with Crippen LogP contribution >= 0.6 is 11.3 Å². The summed E-state index contributed by atoms with van der Waals surface area (Å²) in [4.78, 5) is 10.8. The quantitative estimate of drug-likeness (QED) is 0.573. The zero-order valence-corrected chi connectivity index (χ0v) is 13.3. The summed E-state index contributed by atoms with van der Waals surface area (Å²) in [5.74, 6) is 0.746. The number of hydrogen-bond donors (Lipinski definition) is 1. The van der Waals surface area contributed by atoms with Crippen molar-refractivity contribution in [2.24, 2.45) is 5.10 Å². The first kappa shape index (κ1) is 14.4. The lowest BCUT2D eigenvalue weighted by Crippen LogP contribution is -1.94. The van der Waals surface area contributed by atoms with Gasteiger partial charge in [-0.3, -0.25) is 5.43 Å². The molecule has 110 valence electrons. The third-order valence-corrected chi connectivity index (χ3v) is 4.50. The Balaban J connectivity index is 1.74. The van der Waals surface area contributed by atoms with Gasteiger partial charge in [-0.2, -0.15) is 5.10 Å². The Labute approximate surface area is 133 Å². The van der Waals surface area contributed by atoms with Gasteiger partial charge in [0.15, 0.2) is 5.82 Å². The van der Waals surface area contributed by atoms with E-state index in [1.165, 1.54) is 10.4 Å². The van der Waals surface area contributed by atoms with Crippen molar-refractivity contribution in [1.29, 1.82) is 0 Å². The summed E-state index contributed by atoms with van der Waals surface area (Å²) in [5.41, 5.74) is 5.35. The second-order valence-corrected chi connectivity index (χ2v) is 6.05. The lowest BCUT2D eigenvalue weighted by Gasteiger charge is -2.01. The molecule has 3 rings (SSSR count). The Kier molecular flexibility index (Phi) is 4.25. The van der Waals surface area contributed by atoms with Gasteiger partial charge in [0.25, 0.3) is 0 Å². The maximum atomic E-state index is 4.31. The summed E-state index contributed by atoms with van der Waals surface area (Å²) in [7, 11) is 0. The minimum atomic E-state index is 0.746. The highest BCUT2D eigenvalue weighted by molar-refractivity contribution is 7.18. The molecule has 0 spiro atoms. The summed E-state index contributed by atoms with van der Waals surface area (Å²) < 4.78 is 0. The van der Waals surface area contributed by atoms with Gasteiger partial charge in [-0.05, 0) is 31.1 Å². The maximum absolute atomic E-state index is 4.31. The molecule has 0 aliphatic heterocycles. The van der Waals surface area contributed by atoms with E-state index in [0.717, 1.165) is 21.6 Å². The number of thiophene rings is 1. The SMILES string of the molecule is Cc1sc2ncnc(N/N=C\C=C\c3ccccc3)c2c1C. The molecule has 1 N–H and O–H groups in total. The summed E-state index contributed by atoms with van der Waals surface area (Å²) in [6.07, 6.45) is 7.18. The molecule has 0 fully saturated rings. The molecule has 5 heteroatoms. The van der Waals surface area contributed by atoms with Gasteiger partial charge >= 0.3 is 0 Å². The van der Waals surface area contributed by atoms with E-state index in [1.807, 2.05) is 42.5 Å². The zero-order chi connectivity index (χ0) is 15.4. The van der Waals surface area contributed by atoms with Crippen LogP contribution in [0.5, 0.6) is 0 Å². The molecule has 0 atom stereocenters. The fraction of sp³-hybridized carbons (Fsp3) is 0.118. The molecule has 2 aromatic heterocycles. The number of nitrogens with one attached hydrogen (secondary N) is 1. The van der Waals surface area contributed by atoms with Crippen molar-refractivity contribution in [2.75, 3.05) is 5.43 Å². The third-order valence-electron chi connectivity index (χ3n) is 3.38. The number of hydrogen-bond acceptors (Lipinski definition) is 5. The molecule has 0 unspecified atom stereocenters. The van der Waals surface area contributed by atoms with Gasteiger partial charge in [-0.25, -0.2) is 9.97 Å². The summed E-state index contributed by atoms with van der Waals surface area (Å²) in [5, 5.41) is 5.26. The number of rotatable bonds is 4. The molecular weight excluding hydrogens is 292 g/mol. The van der Waals surface area contributed by atoms with Gasteiger partial charge < -0.3 is 0 Å². The minimum Gasteiger partial charge on any atom is -0.261 e. The fourth-order valence-electron chi connectivity index (χ4n) is 2.13. The Morgan fingerprint density at radius 2 is 1.95 bits per heavy atom. The highest BCUT2D eigenvalue weighted by Crippen LogP contribution is 2.32. The van der Waals surface area contributed by atoms with Crippen LogP contribution in [-0.2, 0) is 0 Å². The molecule has 0 amide bonds. The predicted molar refractivity (Wildman–Crippen MR) is 94.5 cm³/mol. The van der Waals surface area contributed by atoms with Gasteiger partial charge in [0.1, 0.15) is 11.2 Å². The standard InChI is InChI=1S/C17H16N4S/c1-12-13(2)22-17-15(12)16(18-11-19-17)21-20-10-6-9-14-7-4-3-5-8-14/h3-11H,1-2H3,(H,18,19,21)/b9-6+,20-10-. The summed E-state index contributed by atoms with van der Waals surface area (Å²) in [6.45, 7) is 4.18. The van der Waals surface area contributed by atoms with E-state index in [4.69, 9.17) is 0 Å². The van der Waals surface area contributed by atoms with E-state index < -0.39 is 0 Å². The maximum Gasteiger partial charge on any atom is 0.158 e. The second-order valence-electron chi connectivity index (χ2n) is 4.85. The van der Waals surface area contributed by atoms with Crippen molar-refractivity contribution >= 4 is 39.7 Å². The van der Waals surface area contributed by atoms with Crippen molar-refractivity contribution in [2.45, 2.75) is 13.8 Å². The van der Waals surface area contributed by atoms with Crippen LogP contribution in [-0.4, -0.2) is 16.2 Å². The molecule has 0 bridgehead atoms. The predicted octanol–water partition coefficient (Wildman–Crippen LogP) is 4.42. The van der Waals surface area contributed by atoms with Gasteiger partial charge in [-0.1, -0.05) is 36.4 Å². The highest BCUT2D eigenvalue weighted by Gasteiger charge is 2.10. The van der Waals surface area contributed by atoms with Crippen LogP contribution in [0.25, 0.3) is 16.3 Å². The number of aromatic nitrogens is 2. The van der Waals surface area contributed by atoms with E-state index in [-0.39, 0.29) is 0 Å². The fourth-order valence-corrected chi connectivity index (χ4v) is 3.12. The largest absolute Gasteiger partial charge is 0.261 e. The van der Waals surface area contributed by atoms with Crippen LogP contribution in [0.4, 0.5) is 5.82 Å². The Morgan fingerprint density at radius 1 is 1.14 bits per heavy atom. The molecule has 0 aliphatic carbocycles. The highest BCUT2D eigenvalue weighted by atomic mass is 32.1. The van der Waals surface area contributed by atoms with Crippen LogP contribution in [0.1, 0.15) is 16.0 Å². The lowest BCUT2D eigenvalue weighted by atomic mass is 10.2. The molecule has 0 saturated heterocycles. The van der Waals surface area contributed by atoms with Crippen molar-refractivity contribution in [3.05, 3.63) is 58.7 Å². The Bertz CT molecular complexity index is 834. The lowest BCUT2D eigenvalue weighted by molar-refractivity contribution is 1.19. The van der Waals surface area contributed by atoms with E-state index in [9.17, 15) is 0 Å². The first-order valence-corrected chi connectivity index (χ1v) is 7.79. The van der Waals surface area contributed by atoms with E-state index in [1.54, 1.807) is 23.9 Å². The van der Waals surface area contributed by atoms with Crippen molar-refractivity contribution in [3.8, 4) is 0 Å². The van der Waals surface area contributed by atoms with Crippen molar-refractivity contribution < 1.29 is 0 Å². The van der Waals surface area contributed by atoms with Gasteiger partial charge in [0.2, 0.25) is 0 Å². The number of nitrogens with zero attached hydrogens (tertiary/aromatic N) is 3. The van der Waals surface area contributed by atoms with Gasteiger partial charge in [-0.15, -0.1) is 11.3 Å². The minimum absolute atomic E-state index is 0.746. The number of anilines is 1. The third kappa shape index (κ3) is 3.04. The monoisotopic (exact) mass is 308 g/mol. The number of allylic oxidation sites excluding steroid dienone is 1. The van der Waals surface area contributed by atoms with Gasteiger partial charge in [0, 0.05) is 11.1 Å². The zero-order valence-electron chi connectivity index (χ0n) is 12.4. The molecule has 1 aromatic carbocycles. The smallest absolute Gasteiger partial charge is 0.158 e. The molecule has 2 heterocycles. The molecule has 0 saturated carbocycles. The van der Waals surface area contributed by atoms with Gasteiger partial charge in [0.05, 0.1) is 5.39 Å². The van der Waals surface area contributed by atoms with Crippen molar-refractivity contribution in [3.63, 3.8) is 0 Å². The van der Waals surface area contributed by atoms with E-state index in [0.29, 0.717) is 0 Å². The molecular formula is C17H16N4S. The molecule has 22 heavy (non-hydrogen) atoms. The van der Waals surface area contributed by atoms with Crippen LogP contribution < -0.4 is 5.43 Å². The molecule has 3 aromatic rings. The Hall–Kier alpha value is -2.53. The number of fused-ring (bicyclic) bond motifs is 1. The molecule has 4 nitrogen and oxygen atoms in total.